The summed E-state index contributed by atoms with van der Waals surface area (Å²) in [6.07, 6.45) is -0.797. The summed E-state index contributed by atoms with van der Waals surface area (Å²) in [7, 11) is 1.67. The summed E-state index contributed by atoms with van der Waals surface area (Å²) in [6, 6.07) is 5.38. The number of anilines is 1. The van der Waals surface area contributed by atoms with Gasteiger partial charge in [0.05, 0.1) is 0 Å². The smallest absolute Gasteiger partial charge is 0.408 e. The summed E-state index contributed by atoms with van der Waals surface area (Å²) in [4.78, 5) is 23.3. The molecule has 0 spiro atoms. The number of thiocarbonyl (C=S) groups is 1. The van der Waals surface area contributed by atoms with Crippen molar-refractivity contribution >= 4 is 35.1 Å². The lowest BCUT2D eigenvalue weighted by atomic mass is 10.1. The highest BCUT2D eigenvalue weighted by Crippen LogP contribution is 2.19. The average molecular weight is 339 g/mol. The van der Waals surface area contributed by atoms with E-state index in [4.69, 9.17) is 17.0 Å². The third-order valence-electron chi connectivity index (χ3n) is 2.61. The van der Waals surface area contributed by atoms with Crippen molar-refractivity contribution in [2.75, 3.05) is 12.4 Å². The predicted molar refractivity (Wildman–Crippen MR) is 91.5 cm³/mol. The van der Waals surface area contributed by atoms with Crippen molar-refractivity contribution in [2.24, 2.45) is 0 Å². The van der Waals surface area contributed by atoms with Gasteiger partial charge in [-0.05, 0) is 50.7 Å². The van der Waals surface area contributed by atoms with Crippen molar-refractivity contribution in [3.8, 4) is 0 Å². The first kappa shape index (κ1) is 18.7. The highest BCUT2D eigenvalue weighted by molar-refractivity contribution is 7.80. The van der Waals surface area contributed by atoms with E-state index in [-0.39, 0.29) is 0 Å². The van der Waals surface area contributed by atoms with E-state index >= 15 is 0 Å². The van der Waals surface area contributed by atoms with Gasteiger partial charge in [-0.25, -0.2) is 9.59 Å². The number of hydrogen-bond donors (Lipinski definition) is 4. The fourth-order valence-corrected chi connectivity index (χ4v) is 1.82. The van der Waals surface area contributed by atoms with E-state index in [1.807, 2.05) is 0 Å². The van der Waals surface area contributed by atoms with Gasteiger partial charge in [0.2, 0.25) is 0 Å². The van der Waals surface area contributed by atoms with E-state index in [9.17, 15) is 14.7 Å². The van der Waals surface area contributed by atoms with Crippen LogP contribution in [0.15, 0.2) is 24.3 Å². The molecule has 0 radical (unpaired) electrons. The number of carbonyl (C=O) groups is 2. The number of carboxylic acids is 1. The number of benzene rings is 1. The number of carboxylic acid groups (broad SMARTS) is 1. The van der Waals surface area contributed by atoms with Crippen LogP contribution in [-0.4, -0.2) is 34.9 Å². The number of nitrogens with one attached hydrogen (secondary N) is 3. The Bertz CT molecular complexity index is 599. The van der Waals surface area contributed by atoms with Gasteiger partial charge in [-0.3, -0.25) is 0 Å². The second-order valence-electron chi connectivity index (χ2n) is 5.75. The van der Waals surface area contributed by atoms with Crippen LogP contribution in [0.3, 0.4) is 0 Å². The fraction of sp³-hybridized carbons (Fsp3) is 0.400. The van der Waals surface area contributed by atoms with E-state index in [1.165, 1.54) is 0 Å². The molecule has 1 aromatic carbocycles. The first-order chi connectivity index (χ1) is 10.6. The van der Waals surface area contributed by atoms with Gasteiger partial charge in [-0.2, -0.15) is 0 Å². The van der Waals surface area contributed by atoms with Crippen LogP contribution in [0.1, 0.15) is 32.4 Å². The van der Waals surface area contributed by atoms with Gasteiger partial charge in [0.25, 0.3) is 0 Å². The van der Waals surface area contributed by atoms with Crippen LogP contribution in [0.5, 0.6) is 0 Å². The normalized spacial score (nSPS) is 12.0. The molecular formula is C15H21N3O4S. The van der Waals surface area contributed by atoms with Gasteiger partial charge < -0.3 is 25.8 Å². The quantitative estimate of drug-likeness (QED) is 0.624. The minimum absolute atomic E-state index is 0.396. The van der Waals surface area contributed by atoms with Crippen molar-refractivity contribution in [3.05, 3.63) is 29.8 Å². The largest absolute Gasteiger partial charge is 0.479 e. The number of hydrogen-bond acceptors (Lipinski definition) is 4. The van der Waals surface area contributed by atoms with Crippen LogP contribution in [0.2, 0.25) is 0 Å². The molecule has 7 nitrogen and oxygen atoms in total. The molecule has 0 aliphatic heterocycles. The van der Waals surface area contributed by atoms with Crippen LogP contribution in [0.25, 0.3) is 0 Å². The van der Waals surface area contributed by atoms with Crippen molar-refractivity contribution in [1.29, 1.82) is 0 Å². The zero-order valence-corrected chi connectivity index (χ0v) is 14.3. The molecule has 0 aliphatic carbocycles. The molecular weight excluding hydrogens is 318 g/mol. The van der Waals surface area contributed by atoms with E-state index < -0.39 is 23.7 Å². The lowest BCUT2D eigenvalue weighted by Gasteiger charge is -2.22. The molecule has 23 heavy (non-hydrogen) atoms. The maximum atomic E-state index is 11.8. The van der Waals surface area contributed by atoms with E-state index in [2.05, 4.69) is 16.0 Å². The van der Waals surface area contributed by atoms with Gasteiger partial charge in [-0.15, -0.1) is 0 Å². The molecule has 1 amide bonds. The Hall–Kier alpha value is -2.35. The van der Waals surface area contributed by atoms with E-state index in [1.54, 1.807) is 52.1 Å². The van der Waals surface area contributed by atoms with Gasteiger partial charge >= 0.3 is 12.1 Å². The third kappa shape index (κ3) is 6.52. The Morgan fingerprint density at radius 2 is 1.96 bits per heavy atom. The average Bonchev–Trinajstić information content (AvgIpc) is 2.42. The molecule has 0 fully saturated rings. The predicted octanol–water partition coefficient (Wildman–Crippen LogP) is 2.25. The summed E-state index contributed by atoms with van der Waals surface area (Å²) in [5.41, 5.74) is 0.293. The zero-order valence-electron chi connectivity index (χ0n) is 13.5. The maximum absolute atomic E-state index is 11.8. The molecule has 0 saturated heterocycles. The SMILES string of the molecule is CNC(=S)Nc1cccc([C@@H](NC(=O)OC(C)(C)C)C(=O)O)c1. The van der Waals surface area contributed by atoms with Crippen LogP contribution in [-0.2, 0) is 9.53 Å². The lowest BCUT2D eigenvalue weighted by molar-refractivity contribution is -0.139. The molecule has 1 aromatic rings. The van der Waals surface area contributed by atoms with Gasteiger partial charge in [0, 0.05) is 12.7 Å². The second kappa shape index (κ2) is 7.77. The summed E-state index contributed by atoms with van der Waals surface area (Å²) in [5.74, 6) is -1.19. The van der Waals surface area contributed by atoms with Crippen molar-refractivity contribution in [1.82, 2.24) is 10.6 Å². The van der Waals surface area contributed by atoms with Crippen LogP contribution in [0.4, 0.5) is 10.5 Å². The highest BCUT2D eigenvalue weighted by atomic mass is 32.1. The monoisotopic (exact) mass is 339 g/mol. The summed E-state index contributed by atoms with van der Waals surface area (Å²) >= 11 is 5.00. The highest BCUT2D eigenvalue weighted by Gasteiger charge is 2.25. The minimum atomic E-state index is -1.23. The van der Waals surface area contributed by atoms with Crippen molar-refractivity contribution < 1.29 is 19.4 Å². The number of amides is 1. The van der Waals surface area contributed by atoms with Gasteiger partial charge in [0.1, 0.15) is 5.60 Å². The number of carbonyl (C=O) groups excluding carboxylic acids is 1. The lowest BCUT2D eigenvalue weighted by Crippen LogP contribution is -2.38. The van der Waals surface area contributed by atoms with Crippen LogP contribution >= 0.6 is 12.2 Å². The molecule has 126 valence electrons. The number of aliphatic carboxylic acids is 1. The Kier molecular flexibility index (Phi) is 6.32. The zero-order chi connectivity index (χ0) is 17.6. The molecule has 8 heteroatoms. The molecule has 0 heterocycles. The fourth-order valence-electron chi connectivity index (χ4n) is 1.70. The number of alkyl carbamates (subject to hydrolysis) is 1. The second-order valence-corrected chi connectivity index (χ2v) is 6.16. The number of ether oxygens (including phenoxy) is 1. The Balaban J connectivity index is 2.93. The molecule has 1 rings (SSSR count). The van der Waals surface area contributed by atoms with Gasteiger partial charge in [0.15, 0.2) is 11.2 Å². The standard InChI is InChI=1S/C15H21N3O4S/c1-15(2,3)22-14(21)18-11(12(19)20)9-6-5-7-10(8-9)17-13(23)16-4/h5-8,11H,1-4H3,(H,18,21)(H,19,20)(H2,16,17,23)/t11-/m1/s1. The first-order valence-electron chi connectivity index (χ1n) is 6.93. The Morgan fingerprint density at radius 3 is 2.48 bits per heavy atom. The van der Waals surface area contributed by atoms with Crippen LogP contribution in [0, 0.1) is 0 Å². The third-order valence-corrected chi connectivity index (χ3v) is 2.92. The first-order valence-corrected chi connectivity index (χ1v) is 7.34. The molecule has 0 saturated carbocycles. The Labute approximate surface area is 140 Å². The van der Waals surface area contributed by atoms with Gasteiger partial charge in [-0.1, -0.05) is 12.1 Å². The van der Waals surface area contributed by atoms with Crippen molar-refractivity contribution in [2.45, 2.75) is 32.4 Å². The topological polar surface area (TPSA) is 99.7 Å². The maximum Gasteiger partial charge on any atom is 0.408 e. The van der Waals surface area contributed by atoms with E-state index in [0.29, 0.717) is 16.4 Å². The summed E-state index contributed by atoms with van der Waals surface area (Å²) in [6.45, 7) is 5.10. The molecule has 0 unspecified atom stereocenters. The molecule has 0 aromatic heterocycles. The molecule has 0 bridgehead atoms. The molecule has 1 atom stereocenters. The number of rotatable bonds is 4. The molecule has 4 N–H and O–H groups in total. The molecule has 0 aliphatic rings. The van der Waals surface area contributed by atoms with Crippen LogP contribution < -0.4 is 16.0 Å². The van der Waals surface area contributed by atoms with E-state index in [0.717, 1.165) is 0 Å². The summed E-state index contributed by atoms with van der Waals surface area (Å²) in [5, 5.41) is 17.8. The summed E-state index contributed by atoms with van der Waals surface area (Å²) < 4.78 is 5.09. The van der Waals surface area contributed by atoms with Crippen molar-refractivity contribution in [3.63, 3.8) is 0 Å². The Morgan fingerprint density at radius 1 is 1.30 bits per heavy atom. The minimum Gasteiger partial charge on any atom is -0.479 e.